The van der Waals surface area contributed by atoms with Gasteiger partial charge in [0.15, 0.2) is 11.7 Å². The molecule has 3 rings (SSSR count). The number of methoxy groups -OCH3 is 1. The molecule has 2 amide bonds. The van der Waals surface area contributed by atoms with E-state index in [1.54, 1.807) is 37.4 Å². The van der Waals surface area contributed by atoms with Crippen molar-refractivity contribution in [3.63, 3.8) is 0 Å². The van der Waals surface area contributed by atoms with Crippen LogP contribution in [0, 0.1) is 0 Å². The second-order valence-electron chi connectivity index (χ2n) is 6.59. The number of carbonyl (C=O) groups is 2. The van der Waals surface area contributed by atoms with Crippen molar-refractivity contribution in [3.05, 3.63) is 72.3 Å². The molecule has 0 aliphatic carbocycles. The molecule has 0 fully saturated rings. The van der Waals surface area contributed by atoms with Crippen molar-refractivity contribution < 1.29 is 23.8 Å². The summed E-state index contributed by atoms with van der Waals surface area (Å²) in [7, 11) is 1.56. The van der Waals surface area contributed by atoms with E-state index >= 15 is 0 Å². The van der Waals surface area contributed by atoms with E-state index < -0.39 is 11.8 Å². The number of amides is 2. The second-order valence-corrected chi connectivity index (χ2v) is 7.00. The van der Waals surface area contributed by atoms with Gasteiger partial charge in [-0.05, 0) is 47.3 Å². The first-order chi connectivity index (χ1) is 15.6. The van der Waals surface area contributed by atoms with E-state index in [9.17, 15) is 9.59 Å². The first-order valence-electron chi connectivity index (χ1n) is 9.79. The number of ether oxygens (including phenoxy) is 3. The molecule has 0 radical (unpaired) electrons. The SMILES string of the molecule is COCCOc1ccccc1C(=O)NC(=S)NNC(=O)COc1ccc2ccccc2c1. The molecule has 0 saturated carbocycles. The van der Waals surface area contributed by atoms with E-state index in [0.717, 1.165) is 10.8 Å². The number of carbonyl (C=O) groups excluding carboxylic acids is 2. The van der Waals surface area contributed by atoms with E-state index in [1.807, 2.05) is 36.4 Å². The average Bonchev–Trinajstić information content (AvgIpc) is 2.81. The van der Waals surface area contributed by atoms with Crippen LogP contribution in [0.2, 0.25) is 0 Å². The van der Waals surface area contributed by atoms with Crippen molar-refractivity contribution in [2.45, 2.75) is 0 Å². The molecule has 9 heteroatoms. The van der Waals surface area contributed by atoms with E-state index in [2.05, 4.69) is 16.2 Å². The highest BCUT2D eigenvalue weighted by atomic mass is 32.1. The second kappa shape index (κ2) is 11.6. The molecule has 3 aromatic rings. The fraction of sp³-hybridized carbons (Fsp3) is 0.174. The quantitative estimate of drug-likeness (QED) is 0.274. The molecule has 0 heterocycles. The van der Waals surface area contributed by atoms with Crippen LogP contribution in [-0.4, -0.2) is 43.9 Å². The number of nitrogens with one attached hydrogen (secondary N) is 3. The van der Waals surface area contributed by atoms with Crippen LogP contribution in [0.3, 0.4) is 0 Å². The van der Waals surface area contributed by atoms with E-state index in [-0.39, 0.29) is 11.7 Å². The van der Waals surface area contributed by atoms with Crippen LogP contribution in [0.4, 0.5) is 0 Å². The maximum absolute atomic E-state index is 12.5. The van der Waals surface area contributed by atoms with Gasteiger partial charge in [-0.2, -0.15) is 0 Å². The maximum atomic E-state index is 12.5. The molecule has 0 atom stereocenters. The van der Waals surface area contributed by atoms with Crippen LogP contribution in [-0.2, 0) is 9.53 Å². The molecule has 0 aliphatic rings. The first kappa shape index (κ1) is 23.0. The van der Waals surface area contributed by atoms with Crippen molar-refractivity contribution >= 4 is 39.9 Å². The van der Waals surface area contributed by atoms with Crippen LogP contribution in [0.1, 0.15) is 10.4 Å². The molecule has 0 aliphatic heterocycles. The molecule has 0 bridgehead atoms. The van der Waals surface area contributed by atoms with Gasteiger partial charge < -0.3 is 14.2 Å². The lowest BCUT2D eigenvalue weighted by Crippen LogP contribution is -2.49. The zero-order valence-corrected chi connectivity index (χ0v) is 18.2. The minimum Gasteiger partial charge on any atom is -0.490 e. The molecule has 32 heavy (non-hydrogen) atoms. The highest BCUT2D eigenvalue weighted by Gasteiger charge is 2.14. The van der Waals surface area contributed by atoms with Gasteiger partial charge in [0.1, 0.15) is 18.1 Å². The van der Waals surface area contributed by atoms with Crippen molar-refractivity contribution in [2.24, 2.45) is 0 Å². The third kappa shape index (κ3) is 6.66. The van der Waals surface area contributed by atoms with Crippen LogP contribution in [0.25, 0.3) is 10.8 Å². The minimum atomic E-state index is -0.475. The molecule has 0 spiro atoms. The molecule has 166 valence electrons. The van der Waals surface area contributed by atoms with Gasteiger partial charge in [-0.3, -0.25) is 25.8 Å². The van der Waals surface area contributed by atoms with Crippen LogP contribution in [0.5, 0.6) is 11.5 Å². The summed E-state index contributed by atoms with van der Waals surface area (Å²) in [4.78, 5) is 24.5. The van der Waals surface area contributed by atoms with Gasteiger partial charge in [0.2, 0.25) is 0 Å². The number of rotatable bonds is 8. The highest BCUT2D eigenvalue weighted by molar-refractivity contribution is 7.80. The zero-order valence-electron chi connectivity index (χ0n) is 17.4. The minimum absolute atomic E-state index is 0.0688. The normalized spacial score (nSPS) is 10.3. The summed E-state index contributed by atoms with van der Waals surface area (Å²) < 4.78 is 16.0. The van der Waals surface area contributed by atoms with Crippen molar-refractivity contribution in [3.8, 4) is 11.5 Å². The fourth-order valence-electron chi connectivity index (χ4n) is 2.79. The lowest BCUT2D eigenvalue weighted by molar-refractivity contribution is -0.123. The van der Waals surface area contributed by atoms with Gasteiger partial charge in [0, 0.05) is 7.11 Å². The standard InChI is InChI=1S/C23H23N3O5S/c1-29-12-13-30-20-9-5-4-8-19(20)22(28)24-23(32)26-25-21(27)15-31-18-11-10-16-6-2-3-7-17(16)14-18/h2-11,14H,12-13,15H2,1H3,(H,25,27)(H2,24,26,28,32). The number of fused-ring (bicyclic) bond motifs is 1. The number of thiocarbonyl (C=S) groups is 1. The number of para-hydroxylation sites is 1. The maximum Gasteiger partial charge on any atom is 0.276 e. The van der Waals surface area contributed by atoms with Gasteiger partial charge in [0.05, 0.1) is 12.2 Å². The third-order valence-electron chi connectivity index (χ3n) is 4.31. The molecule has 3 aromatic carbocycles. The van der Waals surface area contributed by atoms with Crippen molar-refractivity contribution in [2.75, 3.05) is 26.9 Å². The molecule has 0 saturated heterocycles. The van der Waals surface area contributed by atoms with Gasteiger partial charge in [-0.15, -0.1) is 0 Å². The Hall–Kier alpha value is -3.69. The monoisotopic (exact) mass is 453 g/mol. The predicted octanol–water partition coefficient (Wildman–Crippen LogP) is 2.58. The van der Waals surface area contributed by atoms with Gasteiger partial charge >= 0.3 is 0 Å². The van der Waals surface area contributed by atoms with Gasteiger partial charge in [-0.1, -0.05) is 42.5 Å². The van der Waals surface area contributed by atoms with E-state index in [0.29, 0.717) is 30.3 Å². The largest absolute Gasteiger partial charge is 0.490 e. The zero-order chi connectivity index (χ0) is 22.8. The van der Waals surface area contributed by atoms with E-state index in [1.165, 1.54) is 0 Å². The smallest absolute Gasteiger partial charge is 0.276 e. The molecule has 0 aromatic heterocycles. The van der Waals surface area contributed by atoms with Crippen molar-refractivity contribution in [1.29, 1.82) is 0 Å². The van der Waals surface area contributed by atoms with Gasteiger partial charge in [-0.25, -0.2) is 0 Å². The number of hydrazine groups is 1. The summed E-state index contributed by atoms with van der Waals surface area (Å²) >= 11 is 5.07. The van der Waals surface area contributed by atoms with Gasteiger partial charge in [0.25, 0.3) is 11.8 Å². The molecular weight excluding hydrogens is 430 g/mol. The lowest BCUT2D eigenvalue weighted by Gasteiger charge is -2.13. The average molecular weight is 454 g/mol. The highest BCUT2D eigenvalue weighted by Crippen LogP contribution is 2.20. The Labute approximate surface area is 190 Å². The Bertz CT molecular complexity index is 1110. The summed E-state index contributed by atoms with van der Waals surface area (Å²) in [6, 6.07) is 20.2. The van der Waals surface area contributed by atoms with Crippen LogP contribution < -0.4 is 25.6 Å². The predicted molar refractivity (Wildman–Crippen MR) is 125 cm³/mol. The number of hydrogen-bond donors (Lipinski definition) is 3. The summed E-state index contributed by atoms with van der Waals surface area (Å²) in [6.45, 7) is 0.470. The fourth-order valence-corrected chi connectivity index (χ4v) is 2.93. The summed E-state index contributed by atoms with van der Waals surface area (Å²) in [5.41, 5.74) is 5.17. The summed E-state index contributed by atoms with van der Waals surface area (Å²) in [5, 5.41) is 4.52. The topological polar surface area (TPSA) is 97.9 Å². The summed E-state index contributed by atoms with van der Waals surface area (Å²) in [6.07, 6.45) is 0. The number of hydrogen-bond acceptors (Lipinski definition) is 6. The van der Waals surface area contributed by atoms with Crippen LogP contribution in [0.15, 0.2) is 66.7 Å². The lowest BCUT2D eigenvalue weighted by atomic mass is 10.1. The molecule has 8 nitrogen and oxygen atoms in total. The Kier molecular flexibility index (Phi) is 8.36. The van der Waals surface area contributed by atoms with Crippen molar-refractivity contribution in [1.82, 2.24) is 16.2 Å². The Morgan fingerprint density at radius 1 is 0.875 bits per heavy atom. The number of benzene rings is 3. The third-order valence-corrected chi connectivity index (χ3v) is 4.51. The molecule has 0 unspecified atom stereocenters. The summed E-state index contributed by atoms with van der Waals surface area (Å²) in [5.74, 6) is 0.0349. The Balaban J connectivity index is 1.45. The first-order valence-corrected chi connectivity index (χ1v) is 10.2. The Morgan fingerprint density at radius 2 is 1.62 bits per heavy atom. The van der Waals surface area contributed by atoms with E-state index in [4.69, 9.17) is 26.4 Å². The Morgan fingerprint density at radius 3 is 2.44 bits per heavy atom. The van der Waals surface area contributed by atoms with Crippen LogP contribution >= 0.6 is 12.2 Å². The molecule has 3 N–H and O–H groups in total. The molecular formula is C23H23N3O5S.